The Morgan fingerprint density at radius 3 is 2.53 bits per heavy atom. The molecule has 0 bridgehead atoms. The number of non-ortho nitro benzene ring substituents is 1. The number of fused-ring (bicyclic) bond motifs is 1. The fourth-order valence-electron chi connectivity index (χ4n) is 3.75. The van der Waals surface area contributed by atoms with E-state index in [0.29, 0.717) is 20.7 Å². The maximum absolute atomic E-state index is 13.4. The van der Waals surface area contributed by atoms with Crippen molar-refractivity contribution in [2.75, 3.05) is 4.90 Å². The maximum Gasteiger partial charge on any atom is 0.270 e. The van der Waals surface area contributed by atoms with E-state index in [0.717, 1.165) is 11.6 Å². The van der Waals surface area contributed by atoms with Crippen LogP contribution in [0.3, 0.4) is 0 Å². The van der Waals surface area contributed by atoms with E-state index in [4.69, 9.17) is 11.6 Å². The molecule has 0 aliphatic carbocycles. The van der Waals surface area contributed by atoms with Crippen molar-refractivity contribution < 1.29 is 19.6 Å². The average Bonchev–Trinajstić information content (AvgIpc) is 2.96. The first kappa shape index (κ1) is 22.1. The molecular formula is C23H16BrClN2O5. The third kappa shape index (κ3) is 4.04. The van der Waals surface area contributed by atoms with E-state index < -0.39 is 28.6 Å². The van der Waals surface area contributed by atoms with Crippen LogP contribution < -0.4 is 4.90 Å². The van der Waals surface area contributed by atoms with Gasteiger partial charge in [0, 0.05) is 32.8 Å². The molecule has 1 atom stereocenters. The number of carbonyl (C=O) groups excluding carboxylic acids is 2. The Hall–Kier alpha value is -3.07. The molecule has 4 rings (SSSR count). The second-order valence-corrected chi connectivity index (χ2v) is 8.80. The van der Waals surface area contributed by atoms with Crippen LogP contribution in [-0.2, 0) is 16.9 Å². The minimum Gasteiger partial charge on any atom is -0.375 e. The van der Waals surface area contributed by atoms with Crippen molar-refractivity contribution in [1.29, 1.82) is 0 Å². The summed E-state index contributed by atoms with van der Waals surface area (Å²) in [6.07, 6.45) is -0.548. The predicted molar refractivity (Wildman–Crippen MR) is 123 cm³/mol. The van der Waals surface area contributed by atoms with Gasteiger partial charge in [-0.1, -0.05) is 51.8 Å². The summed E-state index contributed by atoms with van der Waals surface area (Å²) >= 11 is 9.29. The second-order valence-electron chi connectivity index (χ2n) is 7.45. The number of nitro groups is 1. The fourth-order valence-corrected chi connectivity index (χ4v) is 4.24. The smallest absolute Gasteiger partial charge is 0.270 e. The Balaban J connectivity index is 1.70. The standard InChI is InChI=1S/C23H16BrClN2O5/c24-16-6-9-20-19(11-16)23(30,12-21(28)15-2-1-3-18(10-15)27(31)32)22(29)26(20)13-14-4-7-17(25)8-5-14/h1-11,30H,12-13H2. The predicted octanol–water partition coefficient (Wildman–Crippen LogP) is 5.02. The molecule has 1 aliphatic rings. The quantitative estimate of drug-likeness (QED) is 0.282. The first-order chi connectivity index (χ1) is 15.2. The van der Waals surface area contributed by atoms with Crippen molar-refractivity contribution in [2.45, 2.75) is 18.6 Å². The van der Waals surface area contributed by atoms with Gasteiger partial charge in [-0.05, 0) is 35.9 Å². The zero-order valence-electron chi connectivity index (χ0n) is 16.5. The van der Waals surface area contributed by atoms with Gasteiger partial charge in [0.05, 0.1) is 23.6 Å². The summed E-state index contributed by atoms with van der Waals surface area (Å²) in [6.45, 7) is 0.179. The van der Waals surface area contributed by atoms with Crippen LogP contribution in [0.2, 0.25) is 5.02 Å². The summed E-state index contributed by atoms with van der Waals surface area (Å²) in [5, 5.41) is 23.1. The molecule has 7 nitrogen and oxygen atoms in total. The summed E-state index contributed by atoms with van der Waals surface area (Å²) in [4.78, 5) is 38.2. The Kier molecular flexibility index (Phi) is 5.85. The monoisotopic (exact) mass is 514 g/mol. The van der Waals surface area contributed by atoms with E-state index in [1.165, 1.54) is 23.1 Å². The minimum absolute atomic E-state index is 0.0492. The zero-order valence-corrected chi connectivity index (χ0v) is 18.8. The molecule has 0 fully saturated rings. The molecule has 3 aromatic carbocycles. The van der Waals surface area contributed by atoms with E-state index in [2.05, 4.69) is 15.9 Å². The van der Waals surface area contributed by atoms with E-state index in [1.54, 1.807) is 42.5 Å². The lowest BCUT2D eigenvalue weighted by molar-refractivity contribution is -0.384. The first-order valence-corrected chi connectivity index (χ1v) is 10.7. The molecule has 0 saturated heterocycles. The third-order valence-corrected chi connectivity index (χ3v) is 6.09. The van der Waals surface area contributed by atoms with E-state index in [-0.39, 0.29) is 17.8 Å². The highest BCUT2D eigenvalue weighted by atomic mass is 79.9. The number of benzene rings is 3. The number of nitro benzene ring substituents is 1. The molecule has 32 heavy (non-hydrogen) atoms. The lowest BCUT2D eigenvalue weighted by Crippen LogP contribution is -2.41. The van der Waals surface area contributed by atoms with Gasteiger partial charge in [0.2, 0.25) is 0 Å². The van der Waals surface area contributed by atoms with Gasteiger partial charge >= 0.3 is 0 Å². The third-order valence-electron chi connectivity index (χ3n) is 5.34. The Labute approximate surface area is 196 Å². The maximum atomic E-state index is 13.4. The van der Waals surface area contributed by atoms with Crippen LogP contribution in [0.15, 0.2) is 71.2 Å². The highest BCUT2D eigenvalue weighted by molar-refractivity contribution is 9.10. The number of rotatable bonds is 6. The van der Waals surface area contributed by atoms with Crippen LogP contribution in [0.1, 0.15) is 27.9 Å². The largest absolute Gasteiger partial charge is 0.375 e. The molecule has 3 aromatic rings. The van der Waals surface area contributed by atoms with Gasteiger partial charge < -0.3 is 10.0 Å². The summed E-state index contributed by atoms with van der Waals surface area (Å²) in [7, 11) is 0. The Morgan fingerprint density at radius 2 is 1.84 bits per heavy atom. The van der Waals surface area contributed by atoms with Gasteiger partial charge in [-0.15, -0.1) is 0 Å². The van der Waals surface area contributed by atoms with Crippen molar-refractivity contribution in [2.24, 2.45) is 0 Å². The van der Waals surface area contributed by atoms with Gasteiger partial charge in [-0.25, -0.2) is 0 Å². The molecule has 0 saturated carbocycles. The van der Waals surface area contributed by atoms with Crippen LogP contribution in [0.25, 0.3) is 0 Å². The van der Waals surface area contributed by atoms with Gasteiger partial charge in [-0.2, -0.15) is 0 Å². The molecule has 162 valence electrons. The molecule has 1 amide bonds. The van der Waals surface area contributed by atoms with Crippen molar-refractivity contribution in [1.82, 2.24) is 0 Å². The molecule has 1 N–H and O–H groups in total. The number of halogens is 2. The molecular weight excluding hydrogens is 500 g/mol. The summed E-state index contributed by atoms with van der Waals surface area (Å²) in [5.74, 6) is -1.22. The number of Topliss-reactive ketones (excluding diaryl/α,β-unsaturated/α-hetero) is 1. The van der Waals surface area contributed by atoms with E-state index in [9.17, 15) is 24.8 Å². The molecule has 0 radical (unpaired) electrons. The van der Waals surface area contributed by atoms with Crippen molar-refractivity contribution in [3.05, 3.63) is 103 Å². The van der Waals surface area contributed by atoms with Crippen LogP contribution in [0.5, 0.6) is 0 Å². The van der Waals surface area contributed by atoms with E-state index in [1.807, 2.05) is 0 Å². The number of carbonyl (C=O) groups is 2. The molecule has 0 aromatic heterocycles. The molecule has 1 heterocycles. The van der Waals surface area contributed by atoms with Gasteiger partial charge in [0.15, 0.2) is 11.4 Å². The number of nitrogens with zero attached hydrogens (tertiary/aromatic N) is 2. The van der Waals surface area contributed by atoms with Crippen LogP contribution in [-0.4, -0.2) is 21.7 Å². The van der Waals surface area contributed by atoms with Gasteiger partial charge in [0.25, 0.3) is 11.6 Å². The summed E-state index contributed by atoms with van der Waals surface area (Å²) in [5.41, 5.74) is -0.716. The Bertz CT molecular complexity index is 1250. The van der Waals surface area contributed by atoms with Crippen molar-refractivity contribution in [3.63, 3.8) is 0 Å². The van der Waals surface area contributed by atoms with Crippen molar-refractivity contribution in [3.8, 4) is 0 Å². The number of amides is 1. The Morgan fingerprint density at radius 1 is 1.12 bits per heavy atom. The van der Waals surface area contributed by atoms with Gasteiger partial charge in [0.1, 0.15) is 0 Å². The fraction of sp³-hybridized carbons (Fsp3) is 0.130. The second kappa shape index (κ2) is 8.46. The SMILES string of the molecule is O=C(CC1(O)C(=O)N(Cc2ccc(Cl)cc2)c2ccc(Br)cc21)c1cccc([N+](=O)[O-])c1. The number of hydrogen-bond donors (Lipinski definition) is 1. The number of ketones is 1. The normalized spacial score (nSPS) is 17.3. The minimum atomic E-state index is -2.10. The summed E-state index contributed by atoms with van der Waals surface area (Å²) < 4.78 is 0.638. The zero-order chi connectivity index (χ0) is 23.0. The van der Waals surface area contributed by atoms with Crippen LogP contribution >= 0.6 is 27.5 Å². The average molecular weight is 516 g/mol. The van der Waals surface area contributed by atoms with Gasteiger partial charge in [-0.3, -0.25) is 19.7 Å². The van der Waals surface area contributed by atoms with Crippen molar-refractivity contribution >= 4 is 50.6 Å². The lowest BCUT2D eigenvalue weighted by atomic mass is 9.88. The number of hydrogen-bond acceptors (Lipinski definition) is 5. The highest BCUT2D eigenvalue weighted by Gasteiger charge is 2.51. The van der Waals surface area contributed by atoms with Crippen LogP contribution in [0, 0.1) is 10.1 Å². The molecule has 0 spiro atoms. The lowest BCUT2D eigenvalue weighted by Gasteiger charge is -2.23. The highest BCUT2D eigenvalue weighted by Crippen LogP contribution is 2.45. The number of aliphatic hydroxyl groups is 1. The number of anilines is 1. The molecule has 9 heteroatoms. The topological polar surface area (TPSA) is 101 Å². The van der Waals surface area contributed by atoms with E-state index >= 15 is 0 Å². The van der Waals surface area contributed by atoms with Crippen LogP contribution in [0.4, 0.5) is 11.4 Å². The first-order valence-electron chi connectivity index (χ1n) is 9.55. The summed E-state index contributed by atoms with van der Waals surface area (Å²) in [6, 6.07) is 17.2. The molecule has 1 aliphatic heterocycles. The molecule has 1 unspecified atom stereocenters.